The third-order valence-electron chi connectivity index (χ3n) is 4.01. The highest BCUT2D eigenvalue weighted by atomic mass is 127. The van der Waals surface area contributed by atoms with Gasteiger partial charge in [-0.05, 0) is 42.7 Å². The first kappa shape index (κ1) is 24.6. The van der Waals surface area contributed by atoms with Crippen LogP contribution in [0.3, 0.4) is 0 Å². The Morgan fingerprint density at radius 2 is 1.68 bits per heavy atom. The summed E-state index contributed by atoms with van der Waals surface area (Å²) >= 11 is 6.02. The zero-order valence-electron chi connectivity index (χ0n) is 15.7. The number of benzene rings is 2. The quantitative estimate of drug-likeness (QED) is 0.321. The standard InChI is InChI=1S/C19H23ClFN3O2S.HI/c1-22-19(24-13-11-16-17(20)4-3-5-18(16)21)23-12-10-14-6-8-15(9-7-14)27(2,25)26;/h3-9H,10-13H2,1-2H3,(H2,22,23,24);1H. The molecule has 154 valence electrons. The molecule has 2 rings (SSSR count). The topological polar surface area (TPSA) is 70.6 Å². The Bertz CT molecular complexity index is 886. The molecular weight excluding hydrogens is 516 g/mol. The van der Waals surface area contributed by atoms with Crippen molar-refractivity contribution < 1.29 is 12.8 Å². The maximum absolute atomic E-state index is 13.8. The molecule has 0 aliphatic heterocycles. The lowest BCUT2D eigenvalue weighted by molar-refractivity contribution is 0.601. The second-order valence-corrected chi connectivity index (χ2v) is 8.47. The fourth-order valence-electron chi connectivity index (χ4n) is 2.53. The van der Waals surface area contributed by atoms with Gasteiger partial charge in [0.15, 0.2) is 15.8 Å². The van der Waals surface area contributed by atoms with Crippen LogP contribution in [0.2, 0.25) is 5.02 Å². The third kappa shape index (κ3) is 7.56. The monoisotopic (exact) mass is 539 g/mol. The van der Waals surface area contributed by atoms with Gasteiger partial charge < -0.3 is 10.6 Å². The lowest BCUT2D eigenvalue weighted by atomic mass is 10.1. The molecule has 0 radical (unpaired) electrons. The number of aliphatic imine (C=N–C) groups is 1. The van der Waals surface area contributed by atoms with Crippen molar-refractivity contribution >= 4 is 51.4 Å². The van der Waals surface area contributed by atoms with Crippen molar-refractivity contribution in [2.45, 2.75) is 17.7 Å². The van der Waals surface area contributed by atoms with Crippen LogP contribution >= 0.6 is 35.6 Å². The Kier molecular flexibility index (Phi) is 10.2. The van der Waals surface area contributed by atoms with Crippen LogP contribution < -0.4 is 10.6 Å². The van der Waals surface area contributed by atoms with Gasteiger partial charge in [0.05, 0.1) is 4.90 Å². The molecule has 28 heavy (non-hydrogen) atoms. The van der Waals surface area contributed by atoms with Gasteiger partial charge in [-0.2, -0.15) is 0 Å². The molecule has 2 N–H and O–H groups in total. The van der Waals surface area contributed by atoms with E-state index in [1.807, 2.05) is 0 Å². The van der Waals surface area contributed by atoms with E-state index in [1.165, 1.54) is 12.3 Å². The highest BCUT2D eigenvalue weighted by Gasteiger charge is 2.08. The van der Waals surface area contributed by atoms with E-state index in [0.29, 0.717) is 47.4 Å². The number of halogens is 3. The Morgan fingerprint density at radius 1 is 1.07 bits per heavy atom. The van der Waals surface area contributed by atoms with E-state index in [-0.39, 0.29) is 29.8 Å². The van der Waals surface area contributed by atoms with E-state index >= 15 is 0 Å². The van der Waals surface area contributed by atoms with E-state index in [0.717, 1.165) is 5.56 Å². The van der Waals surface area contributed by atoms with E-state index in [2.05, 4.69) is 15.6 Å². The minimum atomic E-state index is -3.18. The molecule has 0 bridgehead atoms. The molecule has 2 aromatic rings. The number of rotatable bonds is 7. The maximum atomic E-state index is 13.8. The summed E-state index contributed by atoms with van der Waals surface area (Å²) < 4.78 is 36.7. The summed E-state index contributed by atoms with van der Waals surface area (Å²) in [6, 6.07) is 11.5. The van der Waals surface area contributed by atoms with Gasteiger partial charge in [0.2, 0.25) is 0 Å². The van der Waals surface area contributed by atoms with Gasteiger partial charge in [0, 0.05) is 37.0 Å². The number of nitrogens with zero attached hydrogens (tertiary/aromatic N) is 1. The van der Waals surface area contributed by atoms with Crippen molar-refractivity contribution in [1.29, 1.82) is 0 Å². The lowest BCUT2D eigenvalue weighted by Gasteiger charge is -2.13. The second kappa shape index (κ2) is 11.6. The van der Waals surface area contributed by atoms with Crippen molar-refractivity contribution in [3.8, 4) is 0 Å². The molecule has 0 spiro atoms. The molecule has 9 heteroatoms. The van der Waals surface area contributed by atoms with Crippen LogP contribution in [0.5, 0.6) is 0 Å². The average Bonchev–Trinajstić information content (AvgIpc) is 2.62. The predicted octanol–water partition coefficient (Wildman–Crippen LogP) is 3.45. The summed E-state index contributed by atoms with van der Waals surface area (Å²) in [6.07, 6.45) is 2.34. The van der Waals surface area contributed by atoms with E-state index < -0.39 is 9.84 Å². The summed E-state index contributed by atoms with van der Waals surface area (Å²) in [7, 11) is -1.52. The van der Waals surface area contributed by atoms with E-state index in [4.69, 9.17) is 11.6 Å². The van der Waals surface area contributed by atoms with Gasteiger partial charge >= 0.3 is 0 Å². The minimum absolute atomic E-state index is 0. The largest absolute Gasteiger partial charge is 0.356 e. The van der Waals surface area contributed by atoms with E-state index in [1.54, 1.807) is 43.4 Å². The Balaban J connectivity index is 0.00000392. The van der Waals surface area contributed by atoms with Crippen LogP contribution in [-0.4, -0.2) is 40.8 Å². The molecular formula is C19H24ClFIN3O2S. The van der Waals surface area contributed by atoms with Crippen molar-refractivity contribution in [1.82, 2.24) is 10.6 Å². The molecule has 0 unspecified atom stereocenters. The van der Waals surface area contributed by atoms with Crippen LogP contribution in [0.25, 0.3) is 0 Å². The fourth-order valence-corrected chi connectivity index (χ4v) is 3.41. The average molecular weight is 540 g/mol. The Labute approximate surface area is 187 Å². The number of guanidine groups is 1. The number of sulfone groups is 1. The van der Waals surface area contributed by atoms with Crippen LogP contribution in [0.1, 0.15) is 11.1 Å². The maximum Gasteiger partial charge on any atom is 0.190 e. The molecule has 0 saturated heterocycles. The Morgan fingerprint density at radius 3 is 2.21 bits per heavy atom. The van der Waals surface area contributed by atoms with Crippen LogP contribution in [-0.2, 0) is 22.7 Å². The van der Waals surface area contributed by atoms with Gasteiger partial charge in [-0.1, -0.05) is 29.8 Å². The molecule has 0 aliphatic rings. The third-order valence-corrected chi connectivity index (χ3v) is 5.49. The lowest BCUT2D eigenvalue weighted by Crippen LogP contribution is -2.39. The molecule has 5 nitrogen and oxygen atoms in total. The molecule has 0 amide bonds. The number of nitrogens with one attached hydrogen (secondary N) is 2. The van der Waals surface area contributed by atoms with Crippen molar-refractivity contribution in [3.05, 3.63) is 64.4 Å². The molecule has 0 aromatic heterocycles. The van der Waals surface area contributed by atoms with Crippen LogP contribution in [0.4, 0.5) is 4.39 Å². The number of hydrogen-bond donors (Lipinski definition) is 2. The summed E-state index contributed by atoms with van der Waals surface area (Å²) in [5.41, 5.74) is 1.50. The number of hydrogen-bond acceptors (Lipinski definition) is 3. The molecule has 0 atom stereocenters. The van der Waals surface area contributed by atoms with Crippen molar-refractivity contribution in [2.24, 2.45) is 4.99 Å². The van der Waals surface area contributed by atoms with Gasteiger partial charge in [0.1, 0.15) is 5.82 Å². The summed E-state index contributed by atoms with van der Waals surface area (Å²) in [5, 5.41) is 6.71. The molecule has 0 saturated carbocycles. The highest BCUT2D eigenvalue weighted by molar-refractivity contribution is 14.0. The van der Waals surface area contributed by atoms with Crippen LogP contribution in [0.15, 0.2) is 52.4 Å². The van der Waals surface area contributed by atoms with Gasteiger partial charge in [-0.3, -0.25) is 4.99 Å². The van der Waals surface area contributed by atoms with Crippen LogP contribution in [0, 0.1) is 5.82 Å². The first-order chi connectivity index (χ1) is 12.8. The smallest absolute Gasteiger partial charge is 0.190 e. The van der Waals surface area contributed by atoms with Crippen molar-refractivity contribution in [3.63, 3.8) is 0 Å². The Hall–Kier alpha value is -1.39. The van der Waals surface area contributed by atoms with Gasteiger partial charge in [-0.15, -0.1) is 24.0 Å². The highest BCUT2D eigenvalue weighted by Crippen LogP contribution is 2.18. The normalized spacial score (nSPS) is 11.6. The predicted molar refractivity (Wildman–Crippen MR) is 123 cm³/mol. The SMILES string of the molecule is CN=C(NCCc1ccc(S(C)(=O)=O)cc1)NCCc1c(F)cccc1Cl.I. The van der Waals surface area contributed by atoms with Gasteiger partial charge in [-0.25, -0.2) is 12.8 Å². The molecule has 2 aromatic carbocycles. The first-order valence-electron chi connectivity index (χ1n) is 8.47. The second-order valence-electron chi connectivity index (χ2n) is 6.04. The summed E-state index contributed by atoms with van der Waals surface area (Å²) in [5.74, 6) is 0.292. The summed E-state index contributed by atoms with van der Waals surface area (Å²) in [4.78, 5) is 4.44. The fraction of sp³-hybridized carbons (Fsp3) is 0.316. The van der Waals surface area contributed by atoms with E-state index in [9.17, 15) is 12.8 Å². The molecule has 0 fully saturated rings. The molecule has 0 aliphatic carbocycles. The van der Waals surface area contributed by atoms with Gasteiger partial charge in [0.25, 0.3) is 0 Å². The minimum Gasteiger partial charge on any atom is -0.356 e. The zero-order valence-corrected chi connectivity index (χ0v) is 19.6. The zero-order chi connectivity index (χ0) is 19.9. The summed E-state index contributed by atoms with van der Waals surface area (Å²) in [6.45, 7) is 1.11. The van der Waals surface area contributed by atoms with Crippen molar-refractivity contribution in [2.75, 3.05) is 26.4 Å². The molecule has 0 heterocycles. The first-order valence-corrected chi connectivity index (χ1v) is 10.7.